The summed E-state index contributed by atoms with van der Waals surface area (Å²) < 4.78 is 0. The molecule has 17 heavy (non-hydrogen) atoms. The third-order valence-corrected chi connectivity index (χ3v) is 4.89. The van der Waals surface area contributed by atoms with Gasteiger partial charge < -0.3 is 5.32 Å². The Morgan fingerprint density at radius 1 is 1.29 bits per heavy atom. The van der Waals surface area contributed by atoms with Crippen LogP contribution in [0.5, 0.6) is 0 Å². The lowest BCUT2D eigenvalue weighted by Gasteiger charge is -2.39. The van der Waals surface area contributed by atoms with E-state index in [0.29, 0.717) is 11.5 Å². The molecule has 0 amide bonds. The fraction of sp³-hybridized carbons (Fsp3) is 0.600. The van der Waals surface area contributed by atoms with Crippen molar-refractivity contribution in [2.75, 3.05) is 16.8 Å². The average Bonchev–Trinajstić information content (AvgIpc) is 2.24. The second-order valence-corrected chi connectivity index (χ2v) is 6.98. The topological polar surface area (TPSA) is 12.0 Å². The Kier molecular flexibility index (Phi) is 3.72. The van der Waals surface area contributed by atoms with Gasteiger partial charge in [-0.15, -0.1) is 0 Å². The van der Waals surface area contributed by atoms with Crippen molar-refractivity contribution in [1.82, 2.24) is 0 Å². The van der Waals surface area contributed by atoms with Crippen LogP contribution in [0.3, 0.4) is 0 Å². The van der Waals surface area contributed by atoms with E-state index in [1.165, 1.54) is 34.7 Å². The molecule has 1 saturated heterocycles. The Bertz CT molecular complexity index is 398. The number of thioether (sulfide) groups is 1. The Labute approximate surface area is 109 Å². The first-order valence-corrected chi connectivity index (χ1v) is 7.56. The van der Waals surface area contributed by atoms with Crippen molar-refractivity contribution >= 4 is 17.4 Å². The molecule has 1 aliphatic heterocycles. The van der Waals surface area contributed by atoms with E-state index in [4.69, 9.17) is 0 Å². The van der Waals surface area contributed by atoms with Gasteiger partial charge in [-0.3, -0.25) is 0 Å². The van der Waals surface area contributed by atoms with Gasteiger partial charge in [-0.1, -0.05) is 31.5 Å². The zero-order valence-electron chi connectivity index (χ0n) is 11.3. The Morgan fingerprint density at radius 2 is 2.06 bits per heavy atom. The first-order chi connectivity index (χ1) is 7.99. The second kappa shape index (κ2) is 4.93. The molecule has 0 aliphatic carbocycles. The summed E-state index contributed by atoms with van der Waals surface area (Å²) in [6.45, 7) is 9.11. The highest BCUT2D eigenvalue weighted by atomic mass is 32.2. The molecule has 1 unspecified atom stereocenters. The van der Waals surface area contributed by atoms with E-state index in [1.54, 1.807) is 0 Å². The molecule has 1 N–H and O–H groups in total. The summed E-state index contributed by atoms with van der Waals surface area (Å²) in [5, 5.41) is 3.75. The fourth-order valence-corrected chi connectivity index (χ4v) is 3.94. The highest BCUT2D eigenvalue weighted by Crippen LogP contribution is 2.36. The van der Waals surface area contributed by atoms with Gasteiger partial charge in [0.2, 0.25) is 0 Å². The molecular formula is C15H23NS. The number of anilines is 1. The van der Waals surface area contributed by atoms with E-state index in [1.807, 2.05) is 0 Å². The Balaban J connectivity index is 2.14. The molecule has 1 atom stereocenters. The molecule has 0 aromatic heterocycles. The summed E-state index contributed by atoms with van der Waals surface area (Å²) >= 11 is 2.07. The predicted molar refractivity (Wildman–Crippen MR) is 79.0 cm³/mol. The van der Waals surface area contributed by atoms with Gasteiger partial charge in [-0.2, -0.15) is 11.8 Å². The summed E-state index contributed by atoms with van der Waals surface area (Å²) in [6.07, 6.45) is 1.31. The van der Waals surface area contributed by atoms with Gasteiger partial charge in [0.1, 0.15) is 0 Å². The molecule has 0 bridgehead atoms. The molecule has 1 aromatic rings. The van der Waals surface area contributed by atoms with E-state index in [-0.39, 0.29) is 0 Å². The number of nitrogens with one attached hydrogen (secondary N) is 1. The molecule has 0 radical (unpaired) electrons. The van der Waals surface area contributed by atoms with Crippen molar-refractivity contribution in [1.29, 1.82) is 0 Å². The SMILES string of the molecule is Cc1ccc(NC2CSCCC2(C)C)c(C)c1. The zero-order chi connectivity index (χ0) is 12.5. The van der Waals surface area contributed by atoms with Crippen LogP contribution in [0.1, 0.15) is 31.4 Å². The molecule has 94 valence electrons. The molecule has 2 rings (SSSR count). The van der Waals surface area contributed by atoms with Gasteiger partial charge in [0.15, 0.2) is 0 Å². The lowest BCUT2D eigenvalue weighted by atomic mass is 9.82. The third kappa shape index (κ3) is 2.98. The van der Waals surface area contributed by atoms with Crippen LogP contribution in [0.15, 0.2) is 18.2 Å². The lowest BCUT2D eigenvalue weighted by Crippen LogP contribution is -2.41. The Morgan fingerprint density at radius 3 is 2.71 bits per heavy atom. The predicted octanol–water partition coefficient (Wildman–Crippen LogP) is 4.25. The van der Waals surface area contributed by atoms with Crippen LogP contribution in [0.2, 0.25) is 0 Å². The van der Waals surface area contributed by atoms with Crippen molar-refractivity contribution in [3.63, 3.8) is 0 Å². The minimum atomic E-state index is 0.405. The number of benzene rings is 1. The Hall–Kier alpha value is -0.630. The molecule has 1 aromatic carbocycles. The molecule has 0 spiro atoms. The quantitative estimate of drug-likeness (QED) is 0.841. The van der Waals surface area contributed by atoms with Gasteiger partial charge in [-0.25, -0.2) is 0 Å². The fourth-order valence-electron chi connectivity index (χ4n) is 2.34. The summed E-state index contributed by atoms with van der Waals surface area (Å²) in [6, 6.07) is 7.26. The van der Waals surface area contributed by atoms with Crippen molar-refractivity contribution in [2.24, 2.45) is 5.41 Å². The van der Waals surface area contributed by atoms with Crippen molar-refractivity contribution in [3.8, 4) is 0 Å². The van der Waals surface area contributed by atoms with Crippen LogP contribution in [-0.2, 0) is 0 Å². The third-order valence-electron chi connectivity index (χ3n) is 3.83. The summed E-state index contributed by atoms with van der Waals surface area (Å²) in [7, 11) is 0. The van der Waals surface area contributed by atoms with Crippen LogP contribution in [0.4, 0.5) is 5.69 Å². The molecule has 1 heterocycles. The summed E-state index contributed by atoms with van der Waals surface area (Å²) in [4.78, 5) is 0. The number of hydrogen-bond donors (Lipinski definition) is 1. The molecular weight excluding hydrogens is 226 g/mol. The molecule has 1 fully saturated rings. The van der Waals surface area contributed by atoms with Crippen LogP contribution in [0, 0.1) is 19.3 Å². The first-order valence-electron chi connectivity index (χ1n) is 6.40. The minimum Gasteiger partial charge on any atom is -0.381 e. The van der Waals surface area contributed by atoms with E-state index < -0.39 is 0 Å². The maximum atomic E-state index is 3.75. The average molecular weight is 249 g/mol. The van der Waals surface area contributed by atoms with Gasteiger partial charge in [0, 0.05) is 17.5 Å². The minimum absolute atomic E-state index is 0.405. The first kappa shape index (κ1) is 12.8. The van der Waals surface area contributed by atoms with Crippen LogP contribution in [0.25, 0.3) is 0 Å². The summed E-state index contributed by atoms with van der Waals surface area (Å²) in [5.41, 5.74) is 4.40. The van der Waals surface area contributed by atoms with Crippen LogP contribution < -0.4 is 5.32 Å². The number of rotatable bonds is 2. The maximum Gasteiger partial charge on any atom is 0.0403 e. The molecule has 1 aliphatic rings. The van der Waals surface area contributed by atoms with Gasteiger partial charge in [0.05, 0.1) is 0 Å². The van der Waals surface area contributed by atoms with E-state index in [9.17, 15) is 0 Å². The number of hydrogen-bond acceptors (Lipinski definition) is 2. The van der Waals surface area contributed by atoms with Gasteiger partial charge in [0.25, 0.3) is 0 Å². The lowest BCUT2D eigenvalue weighted by molar-refractivity contribution is 0.305. The van der Waals surface area contributed by atoms with Crippen molar-refractivity contribution in [2.45, 2.75) is 40.2 Å². The molecule has 0 saturated carbocycles. The van der Waals surface area contributed by atoms with E-state index in [0.717, 1.165) is 0 Å². The molecule has 1 nitrogen and oxygen atoms in total. The maximum absolute atomic E-state index is 3.75. The normalized spacial score (nSPS) is 23.4. The smallest absolute Gasteiger partial charge is 0.0403 e. The number of aryl methyl sites for hydroxylation is 2. The van der Waals surface area contributed by atoms with E-state index >= 15 is 0 Å². The van der Waals surface area contributed by atoms with E-state index in [2.05, 4.69) is 63.0 Å². The standard InChI is InChI=1S/C15H23NS/c1-11-5-6-13(12(2)9-11)16-14-10-17-8-7-15(14,3)4/h5-6,9,14,16H,7-8,10H2,1-4H3. The van der Waals surface area contributed by atoms with Crippen LogP contribution in [-0.4, -0.2) is 17.5 Å². The zero-order valence-corrected chi connectivity index (χ0v) is 12.2. The van der Waals surface area contributed by atoms with Crippen molar-refractivity contribution < 1.29 is 0 Å². The molecule has 2 heteroatoms. The van der Waals surface area contributed by atoms with Crippen molar-refractivity contribution in [3.05, 3.63) is 29.3 Å². The summed E-state index contributed by atoms with van der Waals surface area (Å²) in [5.74, 6) is 2.53. The highest BCUT2D eigenvalue weighted by molar-refractivity contribution is 7.99. The monoisotopic (exact) mass is 249 g/mol. The van der Waals surface area contributed by atoms with Crippen LogP contribution >= 0.6 is 11.8 Å². The van der Waals surface area contributed by atoms with Gasteiger partial charge >= 0.3 is 0 Å². The second-order valence-electron chi connectivity index (χ2n) is 5.83. The van der Waals surface area contributed by atoms with Gasteiger partial charge in [-0.05, 0) is 43.1 Å². The highest BCUT2D eigenvalue weighted by Gasteiger charge is 2.32. The largest absolute Gasteiger partial charge is 0.381 e.